The molecule has 0 aliphatic carbocycles. The molecule has 21 heavy (non-hydrogen) atoms. The summed E-state index contributed by atoms with van der Waals surface area (Å²) in [7, 11) is 6.75. The van der Waals surface area contributed by atoms with Gasteiger partial charge in [-0.15, -0.1) is 0 Å². The number of likely N-dealkylation sites (tertiary alicyclic amines) is 1. The lowest BCUT2D eigenvalue weighted by Gasteiger charge is -2.45. The molecule has 1 aliphatic heterocycles. The van der Waals surface area contributed by atoms with Crippen LogP contribution in [0.25, 0.3) is 0 Å². The number of nitrogens with zero attached hydrogens (tertiary/aromatic N) is 1. The first-order chi connectivity index (χ1) is 10.2. The third kappa shape index (κ3) is 3.06. The van der Waals surface area contributed by atoms with Crippen LogP contribution in [0.5, 0.6) is 0 Å². The van der Waals surface area contributed by atoms with Crippen molar-refractivity contribution in [2.24, 2.45) is 5.92 Å². The zero-order valence-corrected chi connectivity index (χ0v) is 12.7. The quantitative estimate of drug-likeness (QED) is 0.774. The van der Waals surface area contributed by atoms with E-state index in [1.807, 2.05) is 0 Å². The Morgan fingerprint density at radius 2 is 1.67 bits per heavy atom. The van der Waals surface area contributed by atoms with Crippen LogP contribution in [0.3, 0.4) is 0 Å². The molecule has 2 radical (unpaired) electrons. The van der Waals surface area contributed by atoms with E-state index in [4.69, 9.17) is 7.85 Å². The largest absolute Gasteiger partial charge is 0.299 e. The van der Waals surface area contributed by atoms with E-state index in [0.717, 1.165) is 26.1 Å². The summed E-state index contributed by atoms with van der Waals surface area (Å²) in [5.74, 6) is 0.456. The fourth-order valence-electron chi connectivity index (χ4n) is 3.39. The lowest BCUT2D eigenvalue weighted by Crippen LogP contribution is -2.48. The van der Waals surface area contributed by atoms with E-state index >= 15 is 0 Å². The minimum Gasteiger partial charge on any atom is -0.299 e. The molecular formula is C19H22BN. The molecule has 106 valence electrons. The number of hydrogen-bond acceptors (Lipinski definition) is 1. The third-order valence-corrected chi connectivity index (χ3v) is 4.81. The zero-order chi connectivity index (χ0) is 14.7. The maximum Gasteiger partial charge on any atom is 0.0815 e. The molecule has 1 fully saturated rings. The summed E-state index contributed by atoms with van der Waals surface area (Å²) < 4.78 is 0. The van der Waals surface area contributed by atoms with Gasteiger partial charge in [0.05, 0.1) is 7.85 Å². The van der Waals surface area contributed by atoms with Gasteiger partial charge in [0.15, 0.2) is 0 Å². The third-order valence-electron chi connectivity index (χ3n) is 4.81. The Balaban J connectivity index is 1.70. The number of hydrogen-bond donors (Lipinski definition) is 0. The Morgan fingerprint density at radius 1 is 1.05 bits per heavy atom. The van der Waals surface area contributed by atoms with E-state index in [1.54, 1.807) is 0 Å². The van der Waals surface area contributed by atoms with Crippen molar-refractivity contribution in [1.29, 1.82) is 0 Å². The summed E-state index contributed by atoms with van der Waals surface area (Å²) in [6.45, 7) is 5.42. The maximum absolute atomic E-state index is 6.75. The molecule has 1 heterocycles. The molecule has 0 spiro atoms. The van der Waals surface area contributed by atoms with Gasteiger partial charge in [-0.2, -0.15) is 0 Å². The highest BCUT2D eigenvalue weighted by Gasteiger charge is 2.37. The van der Waals surface area contributed by atoms with Crippen LogP contribution in [0.2, 0.25) is 0 Å². The Labute approximate surface area is 129 Å². The second-order valence-electron chi connectivity index (χ2n) is 6.28. The fraction of sp³-hybridized carbons (Fsp3) is 0.368. The highest BCUT2D eigenvalue weighted by atomic mass is 15.1. The first-order valence-electron chi connectivity index (χ1n) is 7.79. The highest BCUT2D eigenvalue weighted by molar-refractivity contribution is 6.16. The molecular weight excluding hydrogens is 253 g/mol. The normalized spacial score (nSPS) is 26.6. The van der Waals surface area contributed by atoms with E-state index in [1.165, 1.54) is 11.1 Å². The second kappa shape index (κ2) is 6.07. The second-order valence-corrected chi connectivity index (χ2v) is 6.28. The van der Waals surface area contributed by atoms with Crippen molar-refractivity contribution in [3.05, 3.63) is 71.8 Å². The van der Waals surface area contributed by atoms with Crippen LogP contribution in [0.15, 0.2) is 60.7 Å². The Morgan fingerprint density at radius 3 is 2.29 bits per heavy atom. The van der Waals surface area contributed by atoms with Gasteiger partial charge in [0.25, 0.3) is 0 Å². The molecule has 2 aromatic carbocycles. The molecule has 0 saturated carbocycles. The SMILES string of the molecule is [B]C1(c2ccccc2)CCN(Cc2ccccc2)CC1C. The van der Waals surface area contributed by atoms with Crippen molar-refractivity contribution in [1.82, 2.24) is 4.90 Å². The summed E-state index contributed by atoms with van der Waals surface area (Å²) in [4.78, 5) is 2.52. The average Bonchev–Trinajstić information content (AvgIpc) is 2.53. The van der Waals surface area contributed by atoms with Crippen molar-refractivity contribution in [2.75, 3.05) is 13.1 Å². The van der Waals surface area contributed by atoms with Crippen LogP contribution in [0, 0.1) is 5.92 Å². The molecule has 1 aliphatic rings. The molecule has 2 aromatic rings. The summed E-state index contributed by atoms with van der Waals surface area (Å²) in [6.07, 6.45) is 1.02. The van der Waals surface area contributed by atoms with E-state index in [-0.39, 0.29) is 5.31 Å². The van der Waals surface area contributed by atoms with Crippen LogP contribution < -0.4 is 0 Å². The van der Waals surface area contributed by atoms with Crippen LogP contribution in [-0.2, 0) is 11.9 Å². The van der Waals surface area contributed by atoms with Gasteiger partial charge in [0.2, 0.25) is 0 Å². The molecule has 2 unspecified atom stereocenters. The van der Waals surface area contributed by atoms with Crippen LogP contribution in [-0.4, -0.2) is 25.8 Å². The van der Waals surface area contributed by atoms with Gasteiger partial charge in [-0.3, -0.25) is 4.90 Å². The Bertz CT molecular complexity index is 569. The molecule has 0 bridgehead atoms. The highest BCUT2D eigenvalue weighted by Crippen LogP contribution is 2.37. The molecule has 2 heteroatoms. The van der Waals surface area contributed by atoms with Crippen molar-refractivity contribution >= 4 is 7.85 Å². The molecule has 0 aromatic heterocycles. The van der Waals surface area contributed by atoms with Crippen molar-refractivity contribution in [2.45, 2.75) is 25.2 Å². The smallest absolute Gasteiger partial charge is 0.0815 e. The van der Waals surface area contributed by atoms with Crippen LogP contribution in [0.4, 0.5) is 0 Å². The van der Waals surface area contributed by atoms with Gasteiger partial charge in [0, 0.05) is 13.1 Å². The molecule has 3 rings (SSSR count). The summed E-state index contributed by atoms with van der Waals surface area (Å²) >= 11 is 0. The van der Waals surface area contributed by atoms with Crippen LogP contribution >= 0.6 is 0 Å². The topological polar surface area (TPSA) is 3.24 Å². The monoisotopic (exact) mass is 275 g/mol. The summed E-state index contributed by atoms with van der Waals surface area (Å²) in [6, 6.07) is 21.3. The Hall–Kier alpha value is -1.54. The lowest BCUT2D eigenvalue weighted by molar-refractivity contribution is 0.137. The van der Waals surface area contributed by atoms with E-state index in [0.29, 0.717) is 5.92 Å². The Kier molecular flexibility index (Phi) is 4.16. The van der Waals surface area contributed by atoms with Gasteiger partial charge in [-0.1, -0.05) is 73.2 Å². The summed E-state index contributed by atoms with van der Waals surface area (Å²) in [5, 5.41) is -0.186. The zero-order valence-electron chi connectivity index (χ0n) is 12.7. The first-order valence-corrected chi connectivity index (χ1v) is 7.79. The van der Waals surface area contributed by atoms with E-state index < -0.39 is 0 Å². The number of benzene rings is 2. The standard InChI is InChI=1S/C19H22BN/c1-16-14-21(15-17-8-4-2-5-9-17)13-12-19(16,20)18-10-6-3-7-11-18/h2-11,16H,12-15H2,1H3. The van der Waals surface area contributed by atoms with Gasteiger partial charge in [-0.25, -0.2) is 0 Å². The van der Waals surface area contributed by atoms with E-state index in [9.17, 15) is 0 Å². The maximum atomic E-state index is 6.75. The minimum absolute atomic E-state index is 0.186. The van der Waals surface area contributed by atoms with Gasteiger partial charge in [0.1, 0.15) is 0 Å². The molecule has 2 atom stereocenters. The van der Waals surface area contributed by atoms with Crippen molar-refractivity contribution in [3.8, 4) is 0 Å². The van der Waals surface area contributed by atoms with Gasteiger partial charge in [-0.05, 0) is 29.8 Å². The fourth-order valence-corrected chi connectivity index (χ4v) is 3.39. The van der Waals surface area contributed by atoms with E-state index in [2.05, 4.69) is 72.5 Å². The number of rotatable bonds is 3. The lowest BCUT2D eigenvalue weighted by atomic mass is 9.54. The average molecular weight is 275 g/mol. The van der Waals surface area contributed by atoms with Gasteiger partial charge < -0.3 is 0 Å². The number of piperidine rings is 1. The predicted molar refractivity (Wildman–Crippen MR) is 89.4 cm³/mol. The molecule has 1 nitrogen and oxygen atoms in total. The van der Waals surface area contributed by atoms with Crippen LogP contribution in [0.1, 0.15) is 24.5 Å². The van der Waals surface area contributed by atoms with Crippen molar-refractivity contribution in [3.63, 3.8) is 0 Å². The van der Waals surface area contributed by atoms with Gasteiger partial charge >= 0.3 is 0 Å². The minimum atomic E-state index is -0.186. The molecule has 0 N–H and O–H groups in total. The molecule has 0 amide bonds. The summed E-state index contributed by atoms with van der Waals surface area (Å²) in [5.41, 5.74) is 2.66. The predicted octanol–water partition coefficient (Wildman–Crippen LogP) is 3.59. The molecule has 1 saturated heterocycles. The van der Waals surface area contributed by atoms with Crippen molar-refractivity contribution < 1.29 is 0 Å². The first kappa shape index (κ1) is 14.4.